The lowest BCUT2D eigenvalue weighted by molar-refractivity contribution is -0.116. The number of carbonyl (C=O) groups excluding carboxylic acids is 2. The number of aromatic amines is 1. The summed E-state index contributed by atoms with van der Waals surface area (Å²) in [5, 5.41) is 9.86. The minimum Gasteiger partial charge on any atom is -0.366 e. The van der Waals surface area contributed by atoms with Gasteiger partial charge in [0, 0.05) is 29.8 Å². The third kappa shape index (κ3) is 4.48. The molecule has 4 N–H and O–H groups in total. The molecule has 0 radical (unpaired) electrons. The van der Waals surface area contributed by atoms with Gasteiger partial charge in [0.1, 0.15) is 0 Å². The minimum atomic E-state index is -0.508. The number of carbonyl (C=O) groups is 2. The van der Waals surface area contributed by atoms with Crippen molar-refractivity contribution in [3.63, 3.8) is 0 Å². The molecule has 0 atom stereocenters. The van der Waals surface area contributed by atoms with E-state index in [1.165, 1.54) is 0 Å². The molecule has 3 rings (SSSR count). The van der Waals surface area contributed by atoms with Gasteiger partial charge in [-0.05, 0) is 49.5 Å². The summed E-state index contributed by atoms with van der Waals surface area (Å²) < 4.78 is 2.27. The zero-order valence-electron chi connectivity index (χ0n) is 14.7. The first-order chi connectivity index (χ1) is 12.9. The van der Waals surface area contributed by atoms with Gasteiger partial charge in [-0.2, -0.15) is 5.10 Å². The van der Waals surface area contributed by atoms with E-state index >= 15 is 0 Å². The van der Waals surface area contributed by atoms with Crippen molar-refractivity contribution < 1.29 is 9.59 Å². The molecule has 1 aromatic heterocycles. The molecule has 0 bridgehead atoms. The van der Waals surface area contributed by atoms with Gasteiger partial charge in [0.2, 0.25) is 11.8 Å². The average Bonchev–Trinajstić information content (AvgIpc) is 3.01. The number of benzene rings is 2. The van der Waals surface area contributed by atoms with E-state index in [1.807, 2.05) is 31.2 Å². The van der Waals surface area contributed by atoms with Crippen molar-refractivity contribution >= 4 is 29.7 Å². The van der Waals surface area contributed by atoms with Crippen molar-refractivity contribution in [3.8, 4) is 11.4 Å². The van der Waals surface area contributed by atoms with Crippen molar-refractivity contribution in [3.05, 3.63) is 64.4 Å². The molecule has 1 heterocycles. The van der Waals surface area contributed by atoms with E-state index in [4.69, 9.17) is 18.0 Å². The molecule has 0 aliphatic heterocycles. The fourth-order valence-corrected chi connectivity index (χ4v) is 2.91. The van der Waals surface area contributed by atoms with Crippen molar-refractivity contribution in [1.29, 1.82) is 0 Å². The smallest absolute Gasteiger partial charge is 0.248 e. The van der Waals surface area contributed by atoms with E-state index < -0.39 is 5.91 Å². The Morgan fingerprint density at radius 3 is 2.63 bits per heavy atom. The lowest BCUT2D eigenvalue weighted by Crippen LogP contribution is -2.15. The number of H-pyrrole nitrogens is 1. The number of primary amides is 1. The van der Waals surface area contributed by atoms with Gasteiger partial charge in [0.05, 0.1) is 0 Å². The molecule has 27 heavy (non-hydrogen) atoms. The van der Waals surface area contributed by atoms with E-state index in [0.29, 0.717) is 28.4 Å². The standard InChI is InChI=1S/C19H19N5O2S/c1-12-3-2-4-14(11-12)18-22-23-19(27)24(18)10-9-16(25)21-15-7-5-13(6-8-15)17(20)26/h2-8,11H,9-10H2,1H3,(H2,20,26)(H,21,25)(H,23,27). The van der Waals surface area contributed by atoms with Gasteiger partial charge < -0.3 is 11.1 Å². The van der Waals surface area contributed by atoms with Crippen LogP contribution in [0, 0.1) is 11.7 Å². The second kappa shape index (κ2) is 7.96. The summed E-state index contributed by atoms with van der Waals surface area (Å²) in [5.74, 6) is 0.0216. The Labute approximate surface area is 161 Å². The number of nitrogens with one attached hydrogen (secondary N) is 2. The Kier molecular flexibility index (Phi) is 5.46. The van der Waals surface area contributed by atoms with E-state index in [9.17, 15) is 9.59 Å². The number of aryl methyl sites for hydroxylation is 1. The van der Waals surface area contributed by atoms with Crippen LogP contribution in [0.15, 0.2) is 48.5 Å². The third-order valence-corrected chi connectivity index (χ3v) is 4.36. The van der Waals surface area contributed by atoms with Crippen LogP contribution in [0.4, 0.5) is 5.69 Å². The summed E-state index contributed by atoms with van der Waals surface area (Å²) in [6.07, 6.45) is 0.226. The third-order valence-electron chi connectivity index (χ3n) is 4.05. The maximum absolute atomic E-state index is 12.3. The number of rotatable bonds is 6. The number of hydrogen-bond donors (Lipinski definition) is 3. The van der Waals surface area contributed by atoms with Gasteiger partial charge >= 0.3 is 0 Å². The predicted molar refractivity (Wildman–Crippen MR) is 106 cm³/mol. The van der Waals surface area contributed by atoms with Gasteiger partial charge in [-0.15, -0.1) is 0 Å². The van der Waals surface area contributed by atoms with Crippen LogP contribution in [0.5, 0.6) is 0 Å². The zero-order chi connectivity index (χ0) is 19.4. The molecule has 0 unspecified atom stereocenters. The fraction of sp³-hybridized carbons (Fsp3) is 0.158. The highest BCUT2D eigenvalue weighted by atomic mass is 32.1. The van der Waals surface area contributed by atoms with E-state index in [-0.39, 0.29) is 12.3 Å². The molecular weight excluding hydrogens is 362 g/mol. The summed E-state index contributed by atoms with van der Waals surface area (Å²) in [6, 6.07) is 14.3. The first kappa shape index (κ1) is 18.5. The predicted octanol–water partition coefficient (Wildman–Crippen LogP) is 3.04. The second-order valence-electron chi connectivity index (χ2n) is 6.11. The Morgan fingerprint density at radius 1 is 1.22 bits per heavy atom. The number of amides is 2. The number of nitrogens with two attached hydrogens (primary N) is 1. The van der Waals surface area contributed by atoms with Crippen LogP contribution in [0.2, 0.25) is 0 Å². The van der Waals surface area contributed by atoms with Crippen LogP contribution in [0.25, 0.3) is 11.4 Å². The Bertz CT molecular complexity index is 1040. The molecule has 0 spiro atoms. The van der Waals surface area contributed by atoms with Crippen molar-refractivity contribution in [1.82, 2.24) is 14.8 Å². The molecule has 0 aliphatic rings. The topological polar surface area (TPSA) is 106 Å². The quantitative estimate of drug-likeness (QED) is 0.571. The first-order valence-electron chi connectivity index (χ1n) is 8.36. The summed E-state index contributed by atoms with van der Waals surface area (Å²) >= 11 is 5.30. The second-order valence-corrected chi connectivity index (χ2v) is 6.50. The average molecular weight is 381 g/mol. The van der Waals surface area contributed by atoms with Gasteiger partial charge in [-0.3, -0.25) is 19.3 Å². The molecule has 7 nitrogen and oxygen atoms in total. The normalized spacial score (nSPS) is 10.6. The monoisotopic (exact) mass is 381 g/mol. The van der Waals surface area contributed by atoms with Gasteiger partial charge in [-0.25, -0.2) is 0 Å². The molecule has 2 aromatic carbocycles. The lowest BCUT2D eigenvalue weighted by Gasteiger charge is -2.09. The van der Waals surface area contributed by atoms with Crippen LogP contribution >= 0.6 is 12.2 Å². The number of nitrogens with zero attached hydrogens (tertiary/aromatic N) is 2. The number of hydrogen-bond acceptors (Lipinski definition) is 4. The molecule has 0 fully saturated rings. The highest BCUT2D eigenvalue weighted by molar-refractivity contribution is 7.71. The van der Waals surface area contributed by atoms with Crippen LogP contribution < -0.4 is 11.1 Å². The minimum absolute atomic E-state index is 0.167. The summed E-state index contributed by atoms with van der Waals surface area (Å²) in [6.45, 7) is 2.40. The van der Waals surface area contributed by atoms with Crippen molar-refractivity contribution in [2.75, 3.05) is 5.32 Å². The first-order valence-corrected chi connectivity index (χ1v) is 8.77. The van der Waals surface area contributed by atoms with Gasteiger partial charge in [-0.1, -0.05) is 23.8 Å². The van der Waals surface area contributed by atoms with Gasteiger partial charge in [0.15, 0.2) is 10.6 Å². The Hall–Kier alpha value is -3.26. The molecule has 2 amide bonds. The molecule has 138 valence electrons. The summed E-state index contributed by atoms with van der Waals surface area (Å²) in [7, 11) is 0. The van der Waals surface area contributed by atoms with E-state index in [0.717, 1.165) is 11.1 Å². The summed E-state index contributed by atoms with van der Waals surface area (Å²) in [5.41, 5.74) is 8.24. The van der Waals surface area contributed by atoms with Crippen LogP contribution in [0.1, 0.15) is 22.3 Å². The number of anilines is 1. The molecule has 3 aromatic rings. The lowest BCUT2D eigenvalue weighted by atomic mass is 10.1. The zero-order valence-corrected chi connectivity index (χ0v) is 15.5. The molecule has 0 saturated heterocycles. The van der Waals surface area contributed by atoms with Crippen LogP contribution in [-0.4, -0.2) is 26.6 Å². The SMILES string of the molecule is Cc1cccc(-c2n[nH]c(=S)n2CCC(=O)Nc2ccc(C(N)=O)cc2)c1. The maximum Gasteiger partial charge on any atom is 0.248 e. The van der Waals surface area contributed by atoms with Crippen molar-refractivity contribution in [2.45, 2.75) is 19.9 Å². The highest BCUT2D eigenvalue weighted by Gasteiger charge is 2.11. The summed E-state index contributed by atoms with van der Waals surface area (Å²) in [4.78, 5) is 23.3. The Morgan fingerprint density at radius 2 is 1.96 bits per heavy atom. The van der Waals surface area contributed by atoms with E-state index in [1.54, 1.807) is 28.8 Å². The molecule has 0 aliphatic carbocycles. The van der Waals surface area contributed by atoms with Crippen molar-refractivity contribution in [2.24, 2.45) is 5.73 Å². The van der Waals surface area contributed by atoms with Crippen LogP contribution in [0.3, 0.4) is 0 Å². The van der Waals surface area contributed by atoms with E-state index in [2.05, 4.69) is 15.5 Å². The number of aromatic nitrogens is 3. The fourth-order valence-electron chi connectivity index (χ4n) is 2.68. The molecular formula is C19H19N5O2S. The maximum atomic E-state index is 12.3. The largest absolute Gasteiger partial charge is 0.366 e. The highest BCUT2D eigenvalue weighted by Crippen LogP contribution is 2.19. The van der Waals surface area contributed by atoms with Gasteiger partial charge in [0.25, 0.3) is 0 Å². The van der Waals surface area contributed by atoms with Crippen LogP contribution in [-0.2, 0) is 11.3 Å². The molecule has 0 saturated carbocycles. The molecule has 8 heteroatoms. The Balaban J connectivity index is 1.68.